The molecule has 1 aromatic carbocycles. The molecule has 0 saturated carbocycles. The standard InChI is InChI=1S/C17H24N4/c1-20(2)11-12-21-16(14-7-4-3-5-8-14)13-19-17(21)15-9-6-10-18-15/h3-5,7-8,13,15,18H,6,9-12H2,1-2H3/t15-/m0/s1. The van der Waals surface area contributed by atoms with Crippen molar-refractivity contribution in [3.63, 3.8) is 0 Å². The first-order chi connectivity index (χ1) is 10.3. The van der Waals surface area contributed by atoms with Crippen LogP contribution in [0, 0.1) is 0 Å². The maximum Gasteiger partial charge on any atom is 0.126 e. The molecule has 0 bridgehead atoms. The topological polar surface area (TPSA) is 33.1 Å². The van der Waals surface area contributed by atoms with Gasteiger partial charge in [-0.1, -0.05) is 30.3 Å². The van der Waals surface area contributed by atoms with E-state index in [2.05, 4.69) is 59.2 Å². The Hall–Kier alpha value is -1.65. The second-order valence-electron chi connectivity index (χ2n) is 5.97. The minimum Gasteiger partial charge on any atom is -0.325 e. The van der Waals surface area contributed by atoms with Crippen LogP contribution in [0.1, 0.15) is 24.7 Å². The fourth-order valence-corrected chi connectivity index (χ4v) is 2.95. The van der Waals surface area contributed by atoms with Gasteiger partial charge in [0, 0.05) is 13.1 Å². The number of hydrogen-bond acceptors (Lipinski definition) is 3. The fourth-order valence-electron chi connectivity index (χ4n) is 2.95. The Bertz CT molecular complexity index is 568. The highest BCUT2D eigenvalue weighted by Gasteiger charge is 2.23. The molecule has 1 aliphatic rings. The zero-order valence-electron chi connectivity index (χ0n) is 12.9. The summed E-state index contributed by atoms with van der Waals surface area (Å²) in [6.07, 6.45) is 4.46. The van der Waals surface area contributed by atoms with Crippen molar-refractivity contribution in [2.75, 3.05) is 27.2 Å². The number of likely N-dealkylation sites (N-methyl/N-ethyl adjacent to an activating group) is 1. The van der Waals surface area contributed by atoms with E-state index in [0.29, 0.717) is 6.04 Å². The van der Waals surface area contributed by atoms with E-state index in [0.717, 1.165) is 19.6 Å². The molecule has 21 heavy (non-hydrogen) atoms. The Balaban J connectivity index is 1.95. The van der Waals surface area contributed by atoms with Gasteiger partial charge in [-0.15, -0.1) is 0 Å². The summed E-state index contributed by atoms with van der Waals surface area (Å²) in [6, 6.07) is 11.0. The molecule has 4 nitrogen and oxygen atoms in total. The number of hydrogen-bond donors (Lipinski definition) is 1. The minimum absolute atomic E-state index is 0.407. The number of nitrogens with one attached hydrogen (secondary N) is 1. The summed E-state index contributed by atoms with van der Waals surface area (Å²) in [5, 5.41) is 3.57. The van der Waals surface area contributed by atoms with Crippen molar-refractivity contribution in [3.05, 3.63) is 42.4 Å². The van der Waals surface area contributed by atoms with Gasteiger partial charge in [-0.25, -0.2) is 4.98 Å². The van der Waals surface area contributed by atoms with Crippen molar-refractivity contribution in [3.8, 4) is 11.3 Å². The SMILES string of the molecule is CN(C)CCn1c(-c2ccccc2)cnc1[C@@H]1CCCN1. The number of nitrogens with zero attached hydrogens (tertiary/aromatic N) is 3. The normalized spacial score (nSPS) is 18.5. The minimum atomic E-state index is 0.407. The Morgan fingerprint density at radius 3 is 2.76 bits per heavy atom. The Morgan fingerprint density at radius 2 is 2.10 bits per heavy atom. The van der Waals surface area contributed by atoms with Crippen LogP contribution in [-0.2, 0) is 6.54 Å². The van der Waals surface area contributed by atoms with Gasteiger partial charge < -0.3 is 14.8 Å². The molecule has 3 rings (SSSR count). The van der Waals surface area contributed by atoms with Crippen molar-refractivity contribution in [1.29, 1.82) is 0 Å². The van der Waals surface area contributed by atoms with Crippen LogP contribution in [0.3, 0.4) is 0 Å². The zero-order valence-corrected chi connectivity index (χ0v) is 12.9. The maximum atomic E-state index is 4.73. The summed E-state index contributed by atoms with van der Waals surface area (Å²) in [6.45, 7) is 3.10. The van der Waals surface area contributed by atoms with Crippen molar-refractivity contribution in [2.24, 2.45) is 0 Å². The van der Waals surface area contributed by atoms with Crippen molar-refractivity contribution in [1.82, 2.24) is 19.8 Å². The largest absolute Gasteiger partial charge is 0.325 e. The first-order valence-corrected chi connectivity index (χ1v) is 7.74. The van der Waals surface area contributed by atoms with E-state index in [1.165, 1.54) is 29.9 Å². The molecule has 0 aliphatic carbocycles. The van der Waals surface area contributed by atoms with Gasteiger partial charge in [-0.05, 0) is 39.0 Å². The van der Waals surface area contributed by atoms with Gasteiger partial charge >= 0.3 is 0 Å². The highest BCUT2D eigenvalue weighted by molar-refractivity contribution is 5.59. The van der Waals surface area contributed by atoms with E-state index >= 15 is 0 Å². The molecule has 1 fully saturated rings. The summed E-state index contributed by atoms with van der Waals surface area (Å²) in [7, 11) is 4.24. The molecule has 2 heterocycles. The first-order valence-electron chi connectivity index (χ1n) is 7.74. The van der Waals surface area contributed by atoms with Crippen LogP contribution in [-0.4, -0.2) is 41.6 Å². The maximum absolute atomic E-state index is 4.73. The molecule has 1 atom stereocenters. The van der Waals surface area contributed by atoms with E-state index < -0.39 is 0 Å². The van der Waals surface area contributed by atoms with Crippen LogP contribution < -0.4 is 5.32 Å². The van der Waals surface area contributed by atoms with Crippen LogP contribution in [0.25, 0.3) is 11.3 Å². The highest BCUT2D eigenvalue weighted by Crippen LogP contribution is 2.27. The summed E-state index contributed by atoms with van der Waals surface area (Å²) in [5.41, 5.74) is 2.47. The van der Waals surface area contributed by atoms with E-state index in [1.54, 1.807) is 0 Å². The summed E-state index contributed by atoms with van der Waals surface area (Å²) >= 11 is 0. The molecular formula is C17H24N4. The fraction of sp³-hybridized carbons (Fsp3) is 0.471. The Kier molecular flexibility index (Phi) is 4.36. The molecule has 0 spiro atoms. The second-order valence-corrected chi connectivity index (χ2v) is 5.97. The average molecular weight is 284 g/mol. The molecule has 0 radical (unpaired) electrons. The third-order valence-corrected chi connectivity index (χ3v) is 4.10. The Labute approximate surface area is 126 Å². The quantitative estimate of drug-likeness (QED) is 0.916. The van der Waals surface area contributed by atoms with E-state index in [1.807, 2.05) is 6.20 Å². The molecule has 1 N–H and O–H groups in total. The van der Waals surface area contributed by atoms with E-state index in [4.69, 9.17) is 4.98 Å². The van der Waals surface area contributed by atoms with Crippen LogP contribution in [0.5, 0.6) is 0 Å². The van der Waals surface area contributed by atoms with Crippen molar-refractivity contribution >= 4 is 0 Å². The lowest BCUT2D eigenvalue weighted by Gasteiger charge is -2.18. The molecule has 112 valence electrons. The second kappa shape index (κ2) is 6.41. The molecule has 1 aliphatic heterocycles. The first kappa shape index (κ1) is 14.3. The lowest BCUT2D eigenvalue weighted by atomic mass is 10.1. The smallest absolute Gasteiger partial charge is 0.126 e. The lowest BCUT2D eigenvalue weighted by Crippen LogP contribution is -2.23. The van der Waals surface area contributed by atoms with Crippen LogP contribution in [0.2, 0.25) is 0 Å². The third-order valence-electron chi connectivity index (χ3n) is 4.10. The van der Waals surface area contributed by atoms with E-state index in [9.17, 15) is 0 Å². The van der Waals surface area contributed by atoms with Gasteiger partial charge in [0.2, 0.25) is 0 Å². The monoisotopic (exact) mass is 284 g/mol. The predicted molar refractivity (Wildman–Crippen MR) is 86.2 cm³/mol. The number of aromatic nitrogens is 2. The molecule has 4 heteroatoms. The van der Waals surface area contributed by atoms with Gasteiger partial charge in [0.05, 0.1) is 17.9 Å². The summed E-state index contributed by atoms with van der Waals surface area (Å²) < 4.78 is 2.39. The van der Waals surface area contributed by atoms with Gasteiger partial charge in [0.1, 0.15) is 5.82 Å². The summed E-state index contributed by atoms with van der Waals surface area (Å²) in [5.74, 6) is 1.19. The molecule has 0 unspecified atom stereocenters. The van der Waals surface area contributed by atoms with Gasteiger partial charge in [0.15, 0.2) is 0 Å². The Morgan fingerprint density at radius 1 is 1.29 bits per heavy atom. The van der Waals surface area contributed by atoms with Crippen molar-refractivity contribution < 1.29 is 0 Å². The van der Waals surface area contributed by atoms with Crippen LogP contribution in [0.15, 0.2) is 36.5 Å². The van der Waals surface area contributed by atoms with Crippen LogP contribution >= 0.6 is 0 Å². The number of imidazole rings is 1. The van der Waals surface area contributed by atoms with Gasteiger partial charge in [0.25, 0.3) is 0 Å². The highest BCUT2D eigenvalue weighted by atomic mass is 15.2. The summed E-state index contributed by atoms with van der Waals surface area (Å²) in [4.78, 5) is 6.96. The lowest BCUT2D eigenvalue weighted by molar-refractivity contribution is 0.377. The predicted octanol–water partition coefficient (Wildman–Crippen LogP) is 2.54. The van der Waals surface area contributed by atoms with Crippen LogP contribution in [0.4, 0.5) is 0 Å². The van der Waals surface area contributed by atoms with Gasteiger partial charge in [-0.3, -0.25) is 0 Å². The molecule has 0 amide bonds. The third kappa shape index (κ3) is 3.17. The number of rotatable bonds is 5. The molecule has 1 saturated heterocycles. The van der Waals surface area contributed by atoms with E-state index in [-0.39, 0.29) is 0 Å². The van der Waals surface area contributed by atoms with Crippen molar-refractivity contribution in [2.45, 2.75) is 25.4 Å². The number of benzene rings is 1. The molecule has 1 aromatic heterocycles. The molecule has 2 aromatic rings. The average Bonchev–Trinajstić information content (AvgIpc) is 3.15. The zero-order chi connectivity index (χ0) is 14.7. The van der Waals surface area contributed by atoms with Gasteiger partial charge in [-0.2, -0.15) is 0 Å². The molecular weight excluding hydrogens is 260 g/mol.